The van der Waals surface area contributed by atoms with Gasteiger partial charge in [0.2, 0.25) is 5.91 Å². The van der Waals surface area contributed by atoms with Crippen molar-refractivity contribution in [2.45, 2.75) is 19.3 Å². The van der Waals surface area contributed by atoms with Gasteiger partial charge in [0.15, 0.2) is 0 Å². The maximum Gasteiger partial charge on any atom is 0.228 e. The number of hydrogen-bond acceptors (Lipinski definition) is 3. The molecule has 0 radical (unpaired) electrons. The van der Waals surface area contributed by atoms with E-state index in [4.69, 9.17) is 0 Å². The lowest BCUT2D eigenvalue weighted by molar-refractivity contribution is -0.122. The summed E-state index contributed by atoms with van der Waals surface area (Å²) in [6.45, 7) is 3.60. The molecule has 0 spiro atoms. The number of halogens is 1. The van der Waals surface area contributed by atoms with Gasteiger partial charge in [-0.3, -0.25) is 4.79 Å². The van der Waals surface area contributed by atoms with Gasteiger partial charge < -0.3 is 10.6 Å². The molecule has 0 fully saturated rings. The monoisotopic (exact) mass is 304 g/mol. The molecule has 1 unspecified atom stereocenters. The average molecular weight is 305 g/mol. The molecule has 5 heteroatoms. The van der Waals surface area contributed by atoms with Gasteiger partial charge in [-0.15, -0.1) is 11.3 Å². The van der Waals surface area contributed by atoms with E-state index in [1.54, 1.807) is 11.3 Å². The molecule has 0 aliphatic carbocycles. The molecule has 0 aromatic carbocycles. The van der Waals surface area contributed by atoms with E-state index < -0.39 is 0 Å². The van der Waals surface area contributed by atoms with Crippen molar-refractivity contribution in [1.82, 2.24) is 10.6 Å². The molecule has 0 saturated carbocycles. The Hall–Kier alpha value is -0.390. The maximum absolute atomic E-state index is 11.8. The van der Waals surface area contributed by atoms with Gasteiger partial charge in [-0.1, -0.05) is 0 Å². The minimum Gasteiger partial charge on any atom is -0.356 e. The van der Waals surface area contributed by atoms with E-state index in [-0.39, 0.29) is 11.8 Å². The normalized spacial score (nSPS) is 12.4. The van der Waals surface area contributed by atoms with E-state index in [1.165, 1.54) is 0 Å². The van der Waals surface area contributed by atoms with E-state index in [1.807, 2.05) is 26.1 Å². The second-order valence-corrected chi connectivity index (χ2v) is 6.11. The van der Waals surface area contributed by atoms with Crippen LogP contribution in [0.3, 0.4) is 0 Å². The molecule has 1 rings (SSSR count). The molecule has 3 nitrogen and oxygen atoms in total. The zero-order chi connectivity index (χ0) is 12.0. The number of carbonyl (C=O) groups excluding carboxylic acids is 1. The van der Waals surface area contributed by atoms with Crippen LogP contribution in [0.4, 0.5) is 0 Å². The van der Waals surface area contributed by atoms with Gasteiger partial charge >= 0.3 is 0 Å². The Morgan fingerprint density at radius 2 is 2.25 bits per heavy atom. The van der Waals surface area contributed by atoms with Crippen LogP contribution in [-0.2, 0) is 4.79 Å². The van der Waals surface area contributed by atoms with Crippen molar-refractivity contribution in [3.8, 4) is 0 Å². The number of amides is 1. The molecule has 0 saturated heterocycles. The molecular weight excluding hydrogens is 288 g/mol. The second kappa shape index (κ2) is 7.04. The highest BCUT2D eigenvalue weighted by atomic mass is 79.9. The van der Waals surface area contributed by atoms with Crippen LogP contribution < -0.4 is 10.6 Å². The highest BCUT2D eigenvalue weighted by molar-refractivity contribution is 9.11. The summed E-state index contributed by atoms with van der Waals surface area (Å²) in [6, 6.07) is 3.97. The van der Waals surface area contributed by atoms with Crippen molar-refractivity contribution >= 4 is 33.2 Å². The lowest BCUT2D eigenvalue weighted by Gasteiger charge is -2.10. The maximum atomic E-state index is 11.8. The summed E-state index contributed by atoms with van der Waals surface area (Å²) in [4.78, 5) is 12.9. The van der Waals surface area contributed by atoms with E-state index in [0.717, 1.165) is 28.2 Å². The first kappa shape index (κ1) is 13.7. The first-order valence-electron chi connectivity index (χ1n) is 5.32. The van der Waals surface area contributed by atoms with Gasteiger partial charge in [-0.25, -0.2) is 0 Å². The molecule has 2 N–H and O–H groups in total. The fraction of sp³-hybridized carbons (Fsp3) is 0.545. The molecule has 1 amide bonds. The largest absolute Gasteiger partial charge is 0.356 e. The standard InChI is InChI=1S/C11H17BrN2OS/c1-8(9-4-5-10(12)16-9)11(15)14-7-3-6-13-2/h4-5,8,13H,3,6-7H2,1-2H3,(H,14,15). The Kier molecular flexibility index (Phi) is 6.01. The van der Waals surface area contributed by atoms with Crippen LogP contribution >= 0.6 is 27.3 Å². The summed E-state index contributed by atoms with van der Waals surface area (Å²) in [6.07, 6.45) is 0.961. The number of hydrogen-bond donors (Lipinski definition) is 2. The van der Waals surface area contributed by atoms with Gasteiger partial charge in [0.1, 0.15) is 0 Å². The third-order valence-electron chi connectivity index (χ3n) is 2.32. The number of carbonyl (C=O) groups is 1. The summed E-state index contributed by atoms with van der Waals surface area (Å²) in [5.74, 6) is 0.0383. The smallest absolute Gasteiger partial charge is 0.228 e. The Bertz CT molecular complexity index is 340. The van der Waals surface area contributed by atoms with Crippen molar-refractivity contribution in [3.05, 3.63) is 20.8 Å². The second-order valence-electron chi connectivity index (χ2n) is 3.61. The molecule has 90 valence electrons. The molecule has 0 bridgehead atoms. The van der Waals surface area contributed by atoms with Crippen LogP contribution in [0.25, 0.3) is 0 Å². The predicted octanol–water partition coefficient (Wildman–Crippen LogP) is 2.34. The van der Waals surface area contributed by atoms with E-state index in [2.05, 4.69) is 26.6 Å². The summed E-state index contributed by atoms with van der Waals surface area (Å²) < 4.78 is 1.07. The van der Waals surface area contributed by atoms with Crippen molar-refractivity contribution in [1.29, 1.82) is 0 Å². The first-order valence-corrected chi connectivity index (χ1v) is 6.93. The van der Waals surface area contributed by atoms with Crippen LogP contribution in [0.15, 0.2) is 15.9 Å². The van der Waals surface area contributed by atoms with Gasteiger partial charge in [0.05, 0.1) is 9.70 Å². The van der Waals surface area contributed by atoms with Crippen molar-refractivity contribution in [2.24, 2.45) is 0 Å². The SMILES string of the molecule is CNCCCNC(=O)C(C)c1ccc(Br)s1. The quantitative estimate of drug-likeness (QED) is 0.792. The van der Waals surface area contributed by atoms with Crippen LogP contribution in [0.2, 0.25) is 0 Å². The highest BCUT2D eigenvalue weighted by Gasteiger charge is 2.16. The Morgan fingerprint density at radius 1 is 1.50 bits per heavy atom. The summed E-state index contributed by atoms with van der Waals surface area (Å²) in [5.41, 5.74) is 0. The van der Waals surface area contributed by atoms with Crippen LogP contribution in [0, 0.1) is 0 Å². The lowest BCUT2D eigenvalue weighted by atomic mass is 10.1. The van der Waals surface area contributed by atoms with Crippen molar-refractivity contribution in [3.63, 3.8) is 0 Å². The number of nitrogens with one attached hydrogen (secondary N) is 2. The van der Waals surface area contributed by atoms with E-state index in [0.29, 0.717) is 0 Å². The third kappa shape index (κ3) is 4.23. The fourth-order valence-corrected chi connectivity index (χ4v) is 2.79. The number of rotatable bonds is 6. The zero-order valence-corrected chi connectivity index (χ0v) is 12.0. The molecular formula is C11H17BrN2OS. The van der Waals surface area contributed by atoms with E-state index in [9.17, 15) is 4.79 Å². The third-order valence-corrected chi connectivity index (χ3v) is 4.12. The van der Waals surface area contributed by atoms with E-state index >= 15 is 0 Å². The molecule has 0 aliphatic heterocycles. The minimum absolute atomic E-state index is 0.0640. The zero-order valence-electron chi connectivity index (χ0n) is 9.55. The van der Waals surface area contributed by atoms with Crippen LogP contribution in [0.5, 0.6) is 0 Å². The molecule has 1 atom stereocenters. The molecule has 1 aromatic heterocycles. The average Bonchev–Trinajstić information content (AvgIpc) is 2.70. The van der Waals surface area contributed by atoms with Gasteiger partial charge in [0.25, 0.3) is 0 Å². The lowest BCUT2D eigenvalue weighted by Crippen LogP contribution is -2.29. The minimum atomic E-state index is -0.0640. The van der Waals surface area contributed by atoms with Gasteiger partial charge in [0, 0.05) is 11.4 Å². The first-order chi connectivity index (χ1) is 7.65. The van der Waals surface area contributed by atoms with Gasteiger partial charge in [-0.2, -0.15) is 0 Å². The van der Waals surface area contributed by atoms with Crippen LogP contribution in [-0.4, -0.2) is 26.0 Å². The molecule has 1 heterocycles. The Labute approximate surface area is 109 Å². The van der Waals surface area contributed by atoms with Crippen LogP contribution in [0.1, 0.15) is 24.1 Å². The fourth-order valence-electron chi connectivity index (χ4n) is 1.32. The molecule has 16 heavy (non-hydrogen) atoms. The Balaban J connectivity index is 2.36. The van der Waals surface area contributed by atoms with Crippen molar-refractivity contribution < 1.29 is 4.79 Å². The number of thiophene rings is 1. The van der Waals surface area contributed by atoms with Gasteiger partial charge in [-0.05, 0) is 55.0 Å². The topological polar surface area (TPSA) is 41.1 Å². The summed E-state index contributed by atoms with van der Waals surface area (Å²) >= 11 is 5.01. The summed E-state index contributed by atoms with van der Waals surface area (Å²) in [7, 11) is 1.91. The Morgan fingerprint density at radius 3 is 2.81 bits per heavy atom. The predicted molar refractivity (Wildman–Crippen MR) is 72.0 cm³/mol. The highest BCUT2D eigenvalue weighted by Crippen LogP contribution is 2.28. The molecule has 0 aliphatic rings. The summed E-state index contributed by atoms with van der Waals surface area (Å²) in [5, 5.41) is 5.99. The molecule has 1 aromatic rings. The van der Waals surface area contributed by atoms with Crippen molar-refractivity contribution in [2.75, 3.05) is 20.1 Å².